The van der Waals surface area contributed by atoms with E-state index in [4.69, 9.17) is 21.1 Å². The molecule has 0 saturated carbocycles. The van der Waals surface area contributed by atoms with E-state index in [2.05, 4.69) is 5.32 Å². The van der Waals surface area contributed by atoms with E-state index in [0.717, 1.165) is 11.1 Å². The molecule has 0 aromatic heterocycles. The molecule has 9 heteroatoms. The predicted molar refractivity (Wildman–Crippen MR) is 133 cm³/mol. The summed E-state index contributed by atoms with van der Waals surface area (Å²) in [5, 5.41) is 14.0. The summed E-state index contributed by atoms with van der Waals surface area (Å²) in [7, 11) is -3.85. The first-order valence-corrected chi connectivity index (χ1v) is 13.0. The molecule has 0 bridgehead atoms. The Hall–Kier alpha value is -2.91. The highest BCUT2D eigenvalue weighted by molar-refractivity contribution is 7.91. The Bertz CT molecular complexity index is 1230. The zero-order valence-corrected chi connectivity index (χ0v) is 20.9. The average Bonchev–Trinajstić information content (AvgIpc) is 2.86. The summed E-state index contributed by atoms with van der Waals surface area (Å²) < 4.78 is 36.6. The maximum atomic E-state index is 13.2. The third-order valence-electron chi connectivity index (χ3n) is 5.18. The number of hydrogen-bond donors (Lipinski definition) is 2. The van der Waals surface area contributed by atoms with Crippen LogP contribution in [0.5, 0.6) is 5.75 Å². The molecule has 3 aromatic rings. The number of halogens is 1. The molecule has 35 heavy (non-hydrogen) atoms. The smallest absolute Gasteiger partial charge is 0.344 e. The van der Waals surface area contributed by atoms with Gasteiger partial charge in [-0.3, -0.25) is 0 Å². The quantitative estimate of drug-likeness (QED) is 0.277. The minimum Gasteiger partial charge on any atom is -0.481 e. The van der Waals surface area contributed by atoms with Crippen LogP contribution in [0, 0.1) is 0 Å². The Morgan fingerprint density at radius 3 is 2.51 bits per heavy atom. The minimum atomic E-state index is -3.85. The number of ether oxygens (including phenoxy) is 2. The number of hydrogen-bond acceptors (Lipinski definition) is 7. The highest BCUT2D eigenvalue weighted by Crippen LogP contribution is 2.29. The molecule has 2 N–H and O–H groups in total. The van der Waals surface area contributed by atoms with Gasteiger partial charge in [-0.25, -0.2) is 13.2 Å². The van der Waals surface area contributed by atoms with E-state index < -0.39 is 21.9 Å². The zero-order chi connectivity index (χ0) is 25.3. The van der Waals surface area contributed by atoms with Crippen molar-refractivity contribution in [3.8, 4) is 5.75 Å². The van der Waals surface area contributed by atoms with Gasteiger partial charge in [0.2, 0.25) is 9.84 Å². The first-order valence-electron chi connectivity index (χ1n) is 11.2. The van der Waals surface area contributed by atoms with Crippen molar-refractivity contribution in [3.05, 3.63) is 88.9 Å². The summed E-state index contributed by atoms with van der Waals surface area (Å²) in [6, 6.07) is 19.9. The molecule has 0 aliphatic rings. The number of aliphatic hydroxyl groups is 1. The van der Waals surface area contributed by atoms with Gasteiger partial charge in [-0.1, -0.05) is 48.0 Å². The Morgan fingerprint density at radius 2 is 1.80 bits per heavy atom. The molecule has 7 nitrogen and oxygen atoms in total. The van der Waals surface area contributed by atoms with Crippen molar-refractivity contribution in [1.82, 2.24) is 5.32 Å². The van der Waals surface area contributed by atoms with Crippen LogP contribution in [-0.4, -0.2) is 45.8 Å². The lowest BCUT2D eigenvalue weighted by Gasteiger charge is -2.13. The molecule has 0 aliphatic heterocycles. The number of carbonyl (C=O) groups excluding carboxylic acids is 1. The molecule has 0 amide bonds. The number of para-hydroxylation sites is 1. The molecule has 3 rings (SSSR count). The van der Waals surface area contributed by atoms with Gasteiger partial charge in [0.1, 0.15) is 10.6 Å². The van der Waals surface area contributed by atoms with Gasteiger partial charge >= 0.3 is 5.97 Å². The zero-order valence-electron chi connectivity index (χ0n) is 19.3. The van der Waals surface area contributed by atoms with Crippen molar-refractivity contribution < 1.29 is 27.8 Å². The second kappa shape index (κ2) is 12.7. The van der Waals surface area contributed by atoms with Crippen LogP contribution in [0.3, 0.4) is 0 Å². The second-order valence-corrected chi connectivity index (χ2v) is 10.1. The SMILES string of the molecule is CCOC(=O)COc1ccccc1S(=O)(=O)c1ccc(CCNCC(O)c2cccc(Cl)c2)cc1. The lowest BCUT2D eigenvalue weighted by atomic mass is 10.1. The van der Waals surface area contributed by atoms with E-state index in [1.807, 2.05) is 6.07 Å². The summed E-state index contributed by atoms with van der Waals surface area (Å²) in [6.45, 7) is 2.49. The standard InChI is InChI=1S/C26H28ClNO6S/c1-2-33-26(30)18-34-24-8-3-4-9-25(24)35(31,32)22-12-10-19(11-13-22)14-15-28-17-23(29)20-6-5-7-21(27)16-20/h3-13,16,23,28-29H,2,14-15,17-18H2,1H3. The van der Waals surface area contributed by atoms with Crippen LogP contribution in [0.4, 0.5) is 0 Å². The van der Waals surface area contributed by atoms with E-state index in [-0.39, 0.29) is 28.8 Å². The number of esters is 1. The van der Waals surface area contributed by atoms with E-state index in [1.54, 1.807) is 61.5 Å². The number of benzene rings is 3. The number of rotatable bonds is 12. The van der Waals surface area contributed by atoms with Gasteiger partial charge in [-0.2, -0.15) is 0 Å². The highest BCUT2D eigenvalue weighted by atomic mass is 35.5. The predicted octanol–water partition coefficient (Wildman–Crippen LogP) is 3.98. The van der Waals surface area contributed by atoms with Crippen molar-refractivity contribution in [2.24, 2.45) is 0 Å². The fraction of sp³-hybridized carbons (Fsp3) is 0.269. The Balaban J connectivity index is 1.58. The minimum absolute atomic E-state index is 0.0197. The summed E-state index contributed by atoms with van der Waals surface area (Å²) in [4.78, 5) is 11.7. The van der Waals surface area contributed by atoms with Crippen molar-refractivity contribution >= 4 is 27.4 Å². The summed E-state index contributed by atoms with van der Waals surface area (Å²) in [5.41, 5.74) is 1.69. The topological polar surface area (TPSA) is 102 Å². The molecule has 0 aliphatic carbocycles. The van der Waals surface area contributed by atoms with E-state index in [1.165, 1.54) is 12.1 Å². The van der Waals surface area contributed by atoms with Gasteiger partial charge in [0.25, 0.3) is 0 Å². The van der Waals surface area contributed by atoms with Crippen LogP contribution >= 0.6 is 11.6 Å². The van der Waals surface area contributed by atoms with E-state index >= 15 is 0 Å². The summed E-state index contributed by atoms with van der Waals surface area (Å²) in [5.74, 6) is -0.482. The molecule has 0 spiro atoms. The van der Waals surface area contributed by atoms with Crippen molar-refractivity contribution in [3.63, 3.8) is 0 Å². The van der Waals surface area contributed by atoms with Gasteiger partial charge in [0, 0.05) is 11.6 Å². The summed E-state index contributed by atoms with van der Waals surface area (Å²) >= 11 is 5.96. The molecule has 0 radical (unpaired) electrons. The van der Waals surface area contributed by atoms with Crippen LogP contribution in [-0.2, 0) is 25.8 Å². The van der Waals surface area contributed by atoms with Gasteiger partial charge in [-0.15, -0.1) is 0 Å². The van der Waals surface area contributed by atoms with Crippen molar-refractivity contribution in [2.45, 2.75) is 29.2 Å². The van der Waals surface area contributed by atoms with Crippen LogP contribution in [0.1, 0.15) is 24.2 Å². The molecule has 186 valence electrons. The molecular weight excluding hydrogens is 490 g/mol. The summed E-state index contributed by atoms with van der Waals surface area (Å²) in [6.07, 6.45) is -0.0192. The lowest BCUT2D eigenvalue weighted by molar-refractivity contribution is -0.145. The Morgan fingerprint density at radius 1 is 1.06 bits per heavy atom. The normalized spacial score (nSPS) is 12.2. The Labute approximate surface area is 210 Å². The maximum Gasteiger partial charge on any atom is 0.344 e. The average molecular weight is 518 g/mol. The number of aliphatic hydroxyl groups excluding tert-OH is 1. The first-order chi connectivity index (χ1) is 16.8. The van der Waals surface area contributed by atoms with Crippen LogP contribution in [0.2, 0.25) is 5.02 Å². The number of carbonyl (C=O) groups is 1. The fourth-order valence-electron chi connectivity index (χ4n) is 3.40. The number of sulfone groups is 1. The molecule has 0 fully saturated rings. The van der Waals surface area contributed by atoms with Gasteiger partial charge in [-0.05, 0) is 67.4 Å². The molecule has 0 saturated heterocycles. The van der Waals surface area contributed by atoms with Gasteiger partial charge < -0.3 is 19.9 Å². The fourth-order valence-corrected chi connectivity index (χ4v) is 4.99. The molecule has 0 heterocycles. The Kier molecular flexibility index (Phi) is 9.68. The maximum absolute atomic E-state index is 13.2. The second-order valence-electron chi connectivity index (χ2n) is 7.71. The first kappa shape index (κ1) is 26.7. The van der Waals surface area contributed by atoms with Crippen LogP contribution in [0.25, 0.3) is 0 Å². The van der Waals surface area contributed by atoms with E-state index in [0.29, 0.717) is 24.5 Å². The molecule has 3 aromatic carbocycles. The van der Waals surface area contributed by atoms with Crippen LogP contribution < -0.4 is 10.1 Å². The lowest BCUT2D eigenvalue weighted by Crippen LogP contribution is -2.23. The van der Waals surface area contributed by atoms with Gasteiger partial charge in [0.05, 0.1) is 17.6 Å². The third-order valence-corrected chi connectivity index (χ3v) is 7.23. The monoisotopic (exact) mass is 517 g/mol. The van der Waals surface area contributed by atoms with Gasteiger partial charge in [0.15, 0.2) is 6.61 Å². The van der Waals surface area contributed by atoms with Crippen LogP contribution in [0.15, 0.2) is 82.6 Å². The molecule has 1 unspecified atom stereocenters. The highest BCUT2D eigenvalue weighted by Gasteiger charge is 2.22. The van der Waals surface area contributed by atoms with E-state index in [9.17, 15) is 18.3 Å². The number of nitrogens with one attached hydrogen (secondary N) is 1. The molecule has 1 atom stereocenters. The van der Waals surface area contributed by atoms with Crippen molar-refractivity contribution in [2.75, 3.05) is 26.3 Å². The third kappa shape index (κ3) is 7.53. The molecular formula is C26H28ClNO6S. The van der Waals surface area contributed by atoms with Crippen molar-refractivity contribution in [1.29, 1.82) is 0 Å². The largest absolute Gasteiger partial charge is 0.481 e.